The van der Waals surface area contributed by atoms with Gasteiger partial charge in [-0.3, -0.25) is 0 Å². The van der Waals surface area contributed by atoms with E-state index in [1.807, 2.05) is 0 Å². The van der Waals surface area contributed by atoms with Crippen LogP contribution in [-0.4, -0.2) is 0 Å². The summed E-state index contributed by atoms with van der Waals surface area (Å²) < 4.78 is 0. The van der Waals surface area contributed by atoms with Gasteiger partial charge in [0.2, 0.25) is 0 Å². The smallest absolute Gasteiger partial charge is 0.00240 e. The van der Waals surface area contributed by atoms with Gasteiger partial charge in [0.05, 0.1) is 0 Å². The summed E-state index contributed by atoms with van der Waals surface area (Å²) in [5.74, 6) is 0. The van der Waals surface area contributed by atoms with Crippen molar-refractivity contribution in [3.63, 3.8) is 0 Å². The second-order valence-electron chi connectivity index (χ2n) is 11.4. The number of aryl methyl sites for hydroxylation is 2. The zero-order valence-electron chi connectivity index (χ0n) is 22.3. The Hall–Kier alpha value is -4.16. The van der Waals surface area contributed by atoms with Gasteiger partial charge in [0, 0.05) is 0 Å². The van der Waals surface area contributed by atoms with E-state index in [1.165, 1.54) is 121 Å². The second kappa shape index (κ2) is 9.24. The standard InChI is InChI=1S/C39H32/c1(2-4-8-26-14-16-32-20-18-28-10-6-12-30-22-24-34(26)38(32)36(28)30)3-5-9-27-15-17-33-21-19-29-11-7-13-31-23-25-35(27)39(33)37(29)31/h6-7,10-25H,1-5,8-9H2. The van der Waals surface area contributed by atoms with E-state index >= 15 is 0 Å². The molecule has 0 radical (unpaired) electrons. The minimum atomic E-state index is 1.17. The van der Waals surface area contributed by atoms with E-state index in [0.29, 0.717) is 0 Å². The molecule has 188 valence electrons. The number of hydrogen-bond donors (Lipinski definition) is 0. The van der Waals surface area contributed by atoms with Crippen molar-refractivity contribution in [2.45, 2.75) is 44.9 Å². The fourth-order valence-corrected chi connectivity index (χ4v) is 7.19. The van der Waals surface area contributed by atoms with Gasteiger partial charge in [-0.15, -0.1) is 0 Å². The fraction of sp³-hybridized carbons (Fsp3) is 0.179. The molecule has 0 fully saturated rings. The van der Waals surface area contributed by atoms with Gasteiger partial charge in [0.25, 0.3) is 0 Å². The Morgan fingerprint density at radius 3 is 1.05 bits per heavy atom. The molecule has 0 spiro atoms. The van der Waals surface area contributed by atoms with Gasteiger partial charge >= 0.3 is 0 Å². The molecule has 0 aliphatic rings. The molecule has 0 saturated heterocycles. The maximum Gasteiger partial charge on any atom is -0.00240 e. The highest BCUT2D eigenvalue weighted by Gasteiger charge is 2.12. The lowest BCUT2D eigenvalue weighted by Gasteiger charge is -2.14. The molecule has 0 heterocycles. The van der Waals surface area contributed by atoms with Crippen molar-refractivity contribution in [2.75, 3.05) is 0 Å². The summed E-state index contributed by atoms with van der Waals surface area (Å²) in [6.45, 7) is 0. The first-order valence-corrected chi connectivity index (χ1v) is 14.7. The molecular weight excluding hydrogens is 468 g/mol. The van der Waals surface area contributed by atoms with E-state index in [9.17, 15) is 0 Å². The van der Waals surface area contributed by atoms with Crippen LogP contribution in [0.4, 0.5) is 0 Å². The van der Waals surface area contributed by atoms with Crippen LogP contribution in [0, 0.1) is 0 Å². The molecular formula is C39H32. The summed E-state index contributed by atoms with van der Waals surface area (Å²) in [5.41, 5.74) is 3.02. The predicted molar refractivity (Wildman–Crippen MR) is 171 cm³/mol. The molecule has 0 N–H and O–H groups in total. The van der Waals surface area contributed by atoms with Crippen molar-refractivity contribution in [1.82, 2.24) is 0 Å². The first kappa shape index (κ1) is 22.8. The Balaban J connectivity index is 0.929. The zero-order chi connectivity index (χ0) is 25.8. The fourth-order valence-electron chi connectivity index (χ4n) is 7.19. The quantitative estimate of drug-likeness (QED) is 0.144. The van der Waals surface area contributed by atoms with Gasteiger partial charge in [-0.2, -0.15) is 0 Å². The van der Waals surface area contributed by atoms with Crippen LogP contribution in [0.2, 0.25) is 0 Å². The molecule has 39 heavy (non-hydrogen) atoms. The van der Waals surface area contributed by atoms with Gasteiger partial charge in [0.1, 0.15) is 0 Å². The Labute approximate surface area is 229 Å². The van der Waals surface area contributed by atoms with Gasteiger partial charge < -0.3 is 0 Å². The minimum absolute atomic E-state index is 1.17. The number of rotatable bonds is 8. The molecule has 8 aromatic rings. The third-order valence-electron chi connectivity index (χ3n) is 9.13. The maximum atomic E-state index is 2.37. The van der Waals surface area contributed by atoms with Crippen molar-refractivity contribution >= 4 is 64.6 Å². The molecule has 0 nitrogen and oxygen atoms in total. The average Bonchev–Trinajstić information content (AvgIpc) is 2.99. The molecule has 0 unspecified atom stereocenters. The lowest BCUT2D eigenvalue weighted by atomic mass is 9.90. The lowest BCUT2D eigenvalue weighted by Crippen LogP contribution is -1.92. The molecule has 0 aliphatic carbocycles. The van der Waals surface area contributed by atoms with Gasteiger partial charge in [-0.25, -0.2) is 0 Å². The molecule has 0 aliphatic heterocycles. The van der Waals surface area contributed by atoms with E-state index in [2.05, 4.69) is 109 Å². The lowest BCUT2D eigenvalue weighted by molar-refractivity contribution is 0.615. The molecule has 0 saturated carbocycles. The average molecular weight is 501 g/mol. The van der Waals surface area contributed by atoms with Gasteiger partial charge in [-0.1, -0.05) is 128 Å². The predicted octanol–water partition coefficient (Wildman–Crippen LogP) is 11.2. The highest BCUT2D eigenvalue weighted by Crippen LogP contribution is 2.37. The van der Waals surface area contributed by atoms with E-state index < -0.39 is 0 Å². The summed E-state index contributed by atoms with van der Waals surface area (Å²) in [6.07, 6.45) is 8.80. The first-order valence-electron chi connectivity index (χ1n) is 14.7. The minimum Gasteiger partial charge on any atom is -0.0610 e. The largest absolute Gasteiger partial charge is 0.0610 e. The van der Waals surface area contributed by atoms with Crippen LogP contribution in [0.25, 0.3) is 64.6 Å². The van der Waals surface area contributed by atoms with Crippen molar-refractivity contribution in [3.05, 3.63) is 120 Å². The first-order chi connectivity index (χ1) is 19.3. The maximum absolute atomic E-state index is 2.37. The summed E-state index contributed by atoms with van der Waals surface area (Å²) in [7, 11) is 0. The van der Waals surface area contributed by atoms with Crippen LogP contribution in [0.3, 0.4) is 0 Å². The van der Waals surface area contributed by atoms with Crippen molar-refractivity contribution in [1.29, 1.82) is 0 Å². The summed E-state index contributed by atoms with van der Waals surface area (Å²) >= 11 is 0. The topological polar surface area (TPSA) is 0 Å². The summed E-state index contributed by atoms with van der Waals surface area (Å²) in [5, 5.41) is 16.8. The number of unbranched alkanes of at least 4 members (excludes halogenated alkanes) is 4. The SMILES string of the molecule is c1cc2ccc3ccc(CCCCCCCc4ccc5ccc6cccc7ccc4c5c67)c4ccc(c1)c2c34. The third kappa shape index (κ3) is 3.73. The highest BCUT2D eigenvalue weighted by atomic mass is 14.2. The second-order valence-corrected chi connectivity index (χ2v) is 11.4. The molecule has 0 aromatic heterocycles. The van der Waals surface area contributed by atoms with Crippen molar-refractivity contribution < 1.29 is 0 Å². The van der Waals surface area contributed by atoms with Crippen LogP contribution < -0.4 is 0 Å². The Morgan fingerprint density at radius 1 is 0.282 bits per heavy atom. The molecule has 0 heteroatoms. The van der Waals surface area contributed by atoms with Gasteiger partial charge in [0.15, 0.2) is 0 Å². The Bertz CT molecular complexity index is 1910. The highest BCUT2D eigenvalue weighted by molar-refractivity contribution is 6.24. The number of hydrogen-bond acceptors (Lipinski definition) is 0. The zero-order valence-corrected chi connectivity index (χ0v) is 22.3. The molecule has 0 bridgehead atoms. The summed E-state index contributed by atoms with van der Waals surface area (Å²) in [4.78, 5) is 0. The molecule has 8 rings (SSSR count). The van der Waals surface area contributed by atoms with Crippen LogP contribution in [0.1, 0.15) is 43.2 Å². The van der Waals surface area contributed by atoms with E-state index in [-0.39, 0.29) is 0 Å². The molecule has 0 amide bonds. The van der Waals surface area contributed by atoms with Crippen molar-refractivity contribution in [2.24, 2.45) is 0 Å². The van der Waals surface area contributed by atoms with Crippen LogP contribution in [0.5, 0.6) is 0 Å². The van der Waals surface area contributed by atoms with Crippen molar-refractivity contribution in [3.8, 4) is 0 Å². The van der Waals surface area contributed by atoms with E-state index in [4.69, 9.17) is 0 Å². The normalized spacial score (nSPS) is 12.3. The van der Waals surface area contributed by atoms with E-state index in [0.717, 1.165) is 0 Å². The number of benzene rings is 8. The molecule has 0 atom stereocenters. The molecule has 8 aromatic carbocycles. The Morgan fingerprint density at radius 2 is 0.615 bits per heavy atom. The van der Waals surface area contributed by atoms with Crippen LogP contribution >= 0.6 is 0 Å². The monoisotopic (exact) mass is 500 g/mol. The van der Waals surface area contributed by atoms with Crippen LogP contribution in [0.15, 0.2) is 109 Å². The third-order valence-corrected chi connectivity index (χ3v) is 9.13. The Kier molecular flexibility index (Phi) is 5.40. The van der Waals surface area contributed by atoms with E-state index in [1.54, 1.807) is 0 Å². The van der Waals surface area contributed by atoms with Gasteiger partial charge in [-0.05, 0) is 101 Å². The summed E-state index contributed by atoms with van der Waals surface area (Å²) in [6, 6.07) is 41.2. The van der Waals surface area contributed by atoms with Crippen LogP contribution in [-0.2, 0) is 12.8 Å².